The molecule has 2 aliphatic heterocycles. The van der Waals surface area contributed by atoms with Gasteiger partial charge in [0.25, 0.3) is 0 Å². The van der Waals surface area contributed by atoms with Crippen LogP contribution in [-0.4, -0.2) is 97.6 Å². The molecule has 0 aromatic heterocycles. The minimum atomic E-state index is 0.0206. The maximum atomic E-state index is 12.7. The van der Waals surface area contributed by atoms with E-state index < -0.39 is 0 Å². The maximum absolute atomic E-state index is 12.7. The molecule has 1 saturated carbocycles. The molecule has 1 aromatic carbocycles. The molecule has 2 heterocycles. The van der Waals surface area contributed by atoms with Crippen molar-refractivity contribution in [1.29, 1.82) is 0 Å². The monoisotopic (exact) mass is 470 g/mol. The smallest absolute Gasteiger partial charge is 0.223 e. The minimum absolute atomic E-state index is 0.0206. The second-order valence-corrected chi connectivity index (χ2v) is 10.4. The molecule has 3 fully saturated rings. The van der Waals surface area contributed by atoms with E-state index in [1.807, 2.05) is 4.90 Å². The molecule has 4 rings (SSSR count). The molecule has 7 nitrogen and oxygen atoms in total. The molecule has 188 valence electrons. The van der Waals surface area contributed by atoms with Crippen molar-refractivity contribution in [2.75, 3.05) is 59.5 Å². The van der Waals surface area contributed by atoms with E-state index in [1.165, 1.54) is 5.56 Å². The number of carbonyl (C=O) groups is 2. The highest BCUT2D eigenvalue weighted by Gasteiger charge is 2.41. The van der Waals surface area contributed by atoms with Crippen LogP contribution in [0.15, 0.2) is 30.3 Å². The number of benzene rings is 1. The third-order valence-electron chi connectivity index (χ3n) is 7.98. The van der Waals surface area contributed by atoms with Gasteiger partial charge in [-0.1, -0.05) is 30.3 Å². The van der Waals surface area contributed by atoms with Crippen LogP contribution in [0.1, 0.15) is 50.5 Å². The second kappa shape index (κ2) is 12.1. The third kappa shape index (κ3) is 6.80. The van der Waals surface area contributed by atoms with Crippen LogP contribution in [0, 0.1) is 0 Å². The Hall–Kier alpha value is -1.96. The summed E-state index contributed by atoms with van der Waals surface area (Å²) in [5.74, 6) is 0.135. The van der Waals surface area contributed by atoms with Crippen LogP contribution in [-0.2, 0) is 20.7 Å². The van der Waals surface area contributed by atoms with Gasteiger partial charge in [0.15, 0.2) is 0 Å². The lowest BCUT2D eigenvalue weighted by Crippen LogP contribution is -2.58. The number of nitrogens with one attached hydrogen (secondary N) is 1. The van der Waals surface area contributed by atoms with Crippen LogP contribution in [0.5, 0.6) is 0 Å². The lowest BCUT2D eigenvalue weighted by Gasteiger charge is -2.50. The van der Waals surface area contributed by atoms with Gasteiger partial charge >= 0.3 is 0 Å². The van der Waals surface area contributed by atoms with Crippen molar-refractivity contribution in [3.05, 3.63) is 35.9 Å². The van der Waals surface area contributed by atoms with Gasteiger partial charge in [-0.05, 0) is 57.7 Å². The molecular weight excluding hydrogens is 428 g/mol. The topological polar surface area (TPSA) is 65.1 Å². The molecule has 1 aromatic rings. The van der Waals surface area contributed by atoms with Crippen LogP contribution >= 0.6 is 0 Å². The molecule has 0 unspecified atom stereocenters. The molecule has 1 N–H and O–H groups in total. The van der Waals surface area contributed by atoms with E-state index in [2.05, 4.69) is 52.5 Å². The van der Waals surface area contributed by atoms with Gasteiger partial charge in [0.05, 0.1) is 13.2 Å². The number of rotatable bonds is 7. The van der Waals surface area contributed by atoms with E-state index >= 15 is 0 Å². The summed E-state index contributed by atoms with van der Waals surface area (Å²) in [5.41, 5.74) is 1.53. The summed E-state index contributed by atoms with van der Waals surface area (Å²) in [4.78, 5) is 32.1. The average Bonchev–Trinajstić information content (AvgIpc) is 3.09. The number of hydrogen-bond acceptors (Lipinski definition) is 5. The normalized spacial score (nSPS) is 27.2. The summed E-state index contributed by atoms with van der Waals surface area (Å²) in [6.07, 6.45) is 6.79. The summed E-state index contributed by atoms with van der Waals surface area (Å²) in [6, 6.07) is 11.0. The van der Waals surface area contributed by atoms with Gasteiger partial charge in [0.1, 0.15) is 0 Å². The SMILES string of the molecule is CN1CCCN(C(=O)CCC(=O)NC2CCC(Cc3ccccc3)(N3CCOCC3)CC2)CC1. The summed E-state index contributed by atoms with van der Waals surface area (Å²) in [6.45, 7) is 7.09. The van der Waals surface area contributed by atoms with Gasteiger partial charge < -0.3 is 19.9 Å². The predicted molar refractivity (Wildman–Crippen MR) is 134 cm³/mol. The number of carbonyl (C=O) groups excluding carboxylic acids is 2. The fraction of sp³-hybridized carbons (Fsp3) is 0.704. The second-order valence-electron chi connectivity index (χ2n) is 10.4. The van der Waals surface area contributed by atoms with Crippen molar-refractivity contribution < 1.29 is 14.3 Å². The summed E-state index contributed by atoms with van der Waals surface area (Å²) in [7, 11) is 2.10. The predicted octanol–water partition coefficient (Wildman–Crippen LogP) is 2.30. The summed E-state index contributed by atoms with van der Waals surface area (Å²) >= 11 is 0. The zero-order valence-electron chi connectivity index (χ0n) is 20.8. The van der Waals surface area contributed by atoms with Crippen molar-refractivity contribution in [3.63, 3.8) is 0 Å². The van der Waals surface area contributed by atoms with Crippen molar-refractivity contribution in [2.24, 2.45) is 0 Å². The zero-order valence-corrected chi connectivity index (χ0v) is 20.8. The molecule has 34 heavy (non-hydrogen) atoms. The molecule has 2 amide bonds. The average molecular weight is 471 g/mol. The molecule has 0 bridgehead atoms. The minimum Gasteiger partial charge on any atom is -0.379 e. The third-order valence-corrected chi connectivity index (χ3v) is 7.98. The summed E-state index contributed by atoms with van der Waals surface area (Å²) in [5, 5.41) is 3.24. The Labute approximate surface area is 204 Å². The Bertz CT molecular complexity index is 788. The van der Waals surface area contributed by atoms with Crippen molar-refractivity contribution in [2.45, 2.75) is 62.9 Å². The number of morpholine rings is 1. The van der Waals surface area contributed by atoms with Crippen molar-refractivity contribution >= 4 is 11.8 Å². The fourth-order valence-corrected chi connectivity index (χ4v) is 5.89. The van der Waals surface area contributed by atoms with Gasteiger partial charge in [-0.3, -0.25) is 14.5 Å². The van der Waals surface area contributed by atoms with Crippen molar-refractivity contribution in [3.8, 4) is 0 Å². The van der Waals surface area contributed by atoms with Crippen LogP contribution in [0.25, 0.3) is 0 Å². The highest BCUT2D eigenvalue weighted by Crippen LogP contribution is 2.37. The van der Waals surface area contributed by atoms with Crippen LogP contribution in [0.3, 0.4) is 0 Å². The molecule has 0 atom stereocenters. The maximum Gasteiger partial charge on any atom is 0.223 e. The van der Waals surface area contributed by atoms with Gasteiger partial charge in [-0.25, -0.2) is 0 Å². The number of ether oxygens (including phenoxy) is 1. The van der Waals surface area contributed by atoms with E-state index in [1.54, 1.807) is 0 Å². The van der Waals surface area contributed by atoms with E-state index in [0.29, 0.717) is 12.8 Å². The van der Waals surface area contributed by atoms with Gasteiger partial charge in [0, 0.05) is 57.1 Å². The molecule has 2 saturated heterocycles. The largest absolute Gasteiger partial charge is 0.379 e. The molecule has 1 aliphatic carbocycles. The highest BCUT2D eigenvalue weighted by molar-refractivity contribution is 5.84. The fourth-order valence-electron chi connectivity index (χ4n) is 5.89. The van der Waals surface area contributed by atoms with Crippen LogP contribution in [0.4, 0.5) is 0 Å². The molecule has 7 heteroatoms. The molecule has 3 aliphatic rings. The lowest BCUT2D eigenvalue weighted by atomic mass is 9.74. The number of nitrogens with zero attached hydrogens (tertiary/aromatic N) is 3. The first-order valence-corrected chi connectivity index (χ1v) is 13.2. The van der Waals surface area contributed by atoms with Gasteiger partial charge in [-0.2, -0.15) is 0 Å². The lowest BCUT2D eigenvalue weighted by molar-refractivity contribution is -0.133. The Balaban J connectivity index is 1.26. The molecule has 0 spiro atoms. The Morgan fingerprint density at radius 3 is 2.44 bits per heavy atom. The molecule has 0 radical (unpaired) electrons. The number of hydrogen-bond donors (Lipinski definition) is 1. The quantitative estimate of drug-likeness (QED) is 0.663. The van der Waals surface area contributed by atoms with E-state index in [9.17, 15) is 9.59 Å². The zero-order chi connectivity index (χ0) is 23.8. The first-order valence-electron chi connectivity index (χ1n) is 13.2. The highest BCUT2D eigenvalue weighted by atomic mass is 16.5. The van der Waals surface area contributed by atoms with E-state index in [4.69, 9.17) is 4.74 Å². The Kier molecular flexibility index (Phi) is 8.98. The van der Waals surface area contributed by atoms with Gasteiger partial charge in [-0.15, -0.1) is 0 Å². The van der Waals surface area contributed by atoms with E-state index in [0.717, 1.165) is 91.0 Å². The van der Waals surface area contributed by atoms with Gasteiger partial charge in [0.2, 0.25) is 11.8 Å². The first kappa shape index (κ1) is 25.1. The molecular formula is C27H42N4O3. The Morgan fingerprint density at radius 2 is 1.71 bits per heavy atom. The van der Waals surface area contributed by atoms with Crippen LogP contribution in [0.2, 0.25) is 0 Å². The first-order chi connectivity index (χ1) is 16.5. The number of amides is 2. The standard InChI is InChI=1S/C27H42N4O3/c1-29-14-5-15-30(17-16-29)26(33)9-8-25(32)28-24-10-12-27(13-11-24,31-18-20-34-21-19-31)22-23-6-3-2-4-7-23/h2-4,6-7,24H,5,8-22H2,1H3,(H,28,32). The van der Waals surface area contributed by atoms with Crippen LogP contribution < -0.4 is 5.32 Å². The van der Waals surface area contributed by atoms with Crippen molar-refractivity contribution in [1.82, 2.24) is 20.0 Å². The Morgan fingerprint density at radius 1 is 0.971 bits per heavy atom. The van der Waals surface area contributed by atoms with E-state index in [-0.39, 0.29) is 23.4 Å². The number of likely N-dealkylation sites (N-methyl/N-ethyl adjacent to an activating group) is 1. The summed E-state index contributed by atoms with van der Waals surface area (Å²) < 4.78 is 5.63.